The third kappa shape index (κ3) is 4.67. The van der Waals surface area contributed by atoms with Crippen molar-refractivity contribution in [3.05, 3.63) is 109 Å². The van der Waals surface area contributed by atoms with E-state index >= 15 is 0 Å². The van der Waals surface area contributed by atoms with Gasteiger partial charge in [0.1, 0.15) is 11.5 Å². The lowest BCUT2D eigenvalue weighted by molar-refractivity contribution is 0.483. The summed E-state index contributed by atoms with van der Waals surface area (Å²) in [5.41, 5.74) is 4.17. The third-order valence-corrected chi connectivity index (χ3v) is 4.07. The van der Waals surface area contributed by atoms with Crippen molar-refractivity contribution < 1.29 is 4.74 Å². The van der Waals surface area contributed by atoms with Crippen LogP contribution in [0.3, 0.4) is 0 Å². The van der Waals surface area contributed by atoms with E-state index in [1.165, 1.54) is 0 Å². The Bertz CT molecular complexity index is 883. The lowest BCUT2D eigenvalue weighted by atomic mass is 10.2. The van der Waals surface area contributed by atoms with E-state index in [0.29, 0.717) is 0 Å². The summed E-state index contributed by atoms with van der Waals surface area (Å²) in [6, 6.07) is 36.1. The van der Waals surface area contributed by atoms with Gasteiger partial charge in [-0.05, 0) is 72.8 Å². The van der Waals surface area contributed by atoms with Crippen molar-refractivity contribution in [2.24, 2.45) is 0 Å². The van der Waals surface area contributed by atoms with E-state index in [9.17, 15) is 0 Å². The maximum absolute atomic E-state index is 5.93. The highest BCUT2D eigenvalue weighted by Gasteiger charge is 2.00. The number of ether oxygens (including phenoxy) is 1. The number of hydrogen-bond donors (Lipinski definition) is 2. The van der Waals surface area contributed by atoms with E-state index in [4.69, 9.17) is 4.74 Å². The second-order valence-corrected chi connectivity index (χ2v) is 6.13. The summed E-state index contributed by atoms with van der Waals surface area (Å²) in [5.74, 6) is 1.61. The van der Waals surface area contributed by atoms with Gasteiger partial charge in [-0.15, -0.1) is 0 Å². The van der Waals surface area contributed by atoms with Crippen LogP contribution in [0.4, 0.5) is 22.7 Å². The van der Waals surface area contributed by atoms with Gasteiger partial charge in [0.05, 0.1) is 0 Å². The first-order valence-corrected chi connectivity index (χ1v) is 8.87. The van der Waals surface area contributed by atoms with Gasteiger partial charge in [-0.2, -0.15) is 0 Å². The SMILES string of the molecule is c1ccc(Nc2ccc(Oc3ccc(Nc4ccccc4)cc3)cc2)cc1. The van der Waals surface area contributed by atoms with Crippen molar-refractivity contribution in [2.75, 3.05) is 10.6 Å². The molecular weight excluding hydrogens is 332 g/mol. The van der Waals surface area contributed by atoms with E-state index in [1.54, 1.807) is 0 Å². The van der Waals surface area contributed by atoms with Gasteiger partial charge in [0, 0.05) is 22.7 Å². The molecule has 0 heterocycles. The summed E-state index contributed by atoms with van der Waals surface area (Å²) >= 11 is 0. The Morgan fingerprint density at radius 1 is 0.370 bits per heavy atom. The van der Waals surface area contributed by atoms with Crippen LogP contribution in [0.1, 0.15) is 0 Å². The first-order valence-electron chi connectivity index (χ1n) is 8.87. The molecule has 0 atom stereocenters. The van der Waals surface area contributed by atoms with Crippen LogP contribution in [-0.2, 0) is 0 Å². The van der Waals surface area contributed by atoms with E-state index in [-0.39, 0.29) is 0 Å². The molecule has 0 fully saturated rings. The second-order valence-electron chi connectivity index (χ2n) is 6.13. The zero-order valence-electron chi connectivity index (χ0n) is 14.8. The predicted octanol–water partition coefficient (Wildman–Crippen LogP) is 6.97. The van der Waals surface area contributed by atoms with Crippen molar-refractivity contribution in [1.82, 2.24) is 0 Å². The first-order chi connectivity index (χ1) is 13.3. The van der Waals surface area contributed by atoms with E-state index in [2.05, 4.69) is 10.6 Å². The minimum Gasteiger partial charge on any atom is -0.457 e. The topological polar surface area (TPSA) is 33.3 Å². The first kappa shape index (κ1) is 16.7. The molecule has 0 aromatic heterocycles. The maximum Gasteiger partial charge on any atom is 0.127 e. The molecule has 2 N–H and O–H groups in total. The largest absolute Gasteiger partial charge is 0.457 e. The summed E-state index contributed by atoms with van der Waals surface area (Å²) < 4.78 is 5.93. The van der Waals surface area contributed by atoms with Gasteiger partial charge in [0.25, 0.3) is 0 Å². The van der Waals surface area contributed by atoms with E-state index in [1.807, 2.05) is 109 Å². The molecule has 3 heteroatoms. The van der Waals surface area contributed by atoms with Crippen molar-refractivity contribution in [1.29, 1.82) is 0 Å². The molecule has 4 aromatic rings. The molecule has 4 rings (SSSR count). The van der Waals surface area contributed by atoms with Crippen molar-refractivity contribution in [3.63, 3.8) is 0 Å². The van der Waals surface area contributed by atoms with Gasteiger partial charge in [0.2, 0.25) is 0 Å². The van der Waals surface area contributed by atoms with Gasteiger partial charge in [-0.1, -0.05) is 36.4 Å². The molecule has 0 aliphatic carbocycles. The number of nitrogens with one attached hydrogen (secondary N) is 2. The average molecular weight is 352 g/mol. The van der Waals surface area contributed by atoms with Crippen LogP contribution in [0.25, 0.3) is 0 Å². The number of anilines is 4. The fourth-order valence-electron chi connectivity index (χ4n) is 2.73. The fourth-order valence-corrected chi connectivity index (χ4v) is 2.73. The normalized spacial score (nSPS) is 10.2. The second kappa shape index (κ2) is 8.11. The lowest BCUT2D eigenvalue weighted by Crippen LogP contribution is -1.91. The van der Waals surface area contributed by atoms with Crippen molar-refractivity contribution in [3.8, 4) is 11.5 Å². The standard InChI is InChI=1S/C24H20N2O/c1-3-7-19(8-4-1)25-21-11-15-23(16-12-21)27-24-17-13-22(14-18-24)26-20-9-5-2-6-10-20/h1-18,25-26H. The molecule has 4 aromatic carbocycles. The molecule has 0 unspecified atom stereocenters. The molecular formula is C24H20N2O. The summed E-state index contributed by atoms with van der Waals surface area (Å²) in [5, 5.41) is 6.72. The summed E-state index contributed by atoms with van der Waals surface area (Å²) in [6.07, 6.45) is 0. The van der Waals surface area contributed by atoms with Crippen LogP contribution in [0.15, 0.2) is 109 Å². The molecule has 132 valence electrons. The highest BCUT2D eigenvalue weighted by molar-refractivity contribution is 5.61. The third-order valence-electron chi connectivity index (χ3n) is 4.07. The van der Waals surface area contributed by atoms with Crippen LogP contribution in [-0.4, -0.2) is 0 Å². The highest BCUT2D eigenvalue weighted by atomic mass is 16.5. The molecule has 0 saturated carbocycles. The molecule has 0 amide bonds. The number of benzene rings is 4. The van der Waals surface area contributed by atoms with Gasteiger partial charge < -0.3 is 15.4 Å². The molecule has 0 bridgehead atoms. The quantitative estimate of drug-likeness (QED) is 0.393. The van der Waals surface area contributed by atoms with Crippen LogP contribution in [0, 0.1) is 0 Å². The zero-order chi connectivity index (χ0) is 18.3. The maximum atomic E-state index is 5.93. The monoisotopic (exact) mass is 352 g/mol. The molecule has 3 nitrogen and oxygen atoms in total. The van der Waals surface area contributed by atoms with Gasteiger partial charge in [-0.3, -0.25) is 0 Å². The van der Waals surface area contributed by atoms with Crippen LogP contribution >= 0.6 is 0 Å². The highest BCUT2D eigenvalue weighted by Crippen LogP contribution is 2.26. The van der Waals surface area contributed by atoms with Crippen molar-refractivity contribution >= 4 is 22.7 Å². The Kier molecular flexibility index (Phi) is 5.02. The smallest absolute Gasteiger partial charge is 0.127 e. The van der Waals surface area contributed by atoms with E-state index in [0.717, 1.165) is 34.2 Å². The zero-order valence-corrected chi connectivity index (χ0v) is 14.8. The molecule has 0 aliphatic rings. The van der Waals surface area contributed by atoms with E-state index < -0.39 is 0 Å². The molecule has 0 saturated heterocycles. The molecule has 27 heavy (non-hydrogen) atoms. The van der Waals surface area contributed by atoms with Crippen LogP contribution in [0.5, 0.6) is 11.5 Å². The predicted molar refractivity (Wildman–Crippen MR) is 112 cm³/mol. The minimum absolute atomic E-state index is 0.803. The summed E-state index contributed by atoms with van der Waals surface area (Å²) in [4.78, 5) is 0. The molecule has 0 aliphatic heterocycles. The van der Waals surface area contributed by atoms with Gasteiger partial charge in [-0.25, -0.2) is 0 Å². The average Bonchev–Trinajstić information content (AvgIpc) is 2.73. The van der Waals surface area contributed by atoms with Crippen molar-refractivity contribution in [2.45, 2.75) is 0 Å². The van der Waals surface area contributed by atoms with Gasteiger partial charge >= 0.3 is 0 Å². The Labute approximate surface area is 159 Å². The Balaban J connectivity index is 1.37. The number of para-hydroxylation sites is 2. The Hall–Kier alpha value is -3.72. The molecule has 0 radical (unpaired) electrons. The van der Waals surface area contributed by atoms with Crippen LogP contribution < -0.4 is 15.4 Å². The number of rotatable bonds is 6. The summed E-state index contributed by atoms with van der Waals surface area (Å²) in [7, 11) is 0. The van der Waals surface area contributed by atoms with Crippen LogP contribution in [0.2, 0.25) is 0 Å². The summed E-state index contributed by atoms with van der Waals surface area (Å²) in [6.45, 7) is 0. The Morgan fingerprint density at radius 2 is 0.704 bits per heavy atom. The Morgan fingerprint density at radius 3 is 1.07 bits per heavy atom. The van der Waals surface area contributed by atoms with Gasteiger partial charge in [0.15, 0.2) is 0 Å². The fraction of sp³-hybridized carbons (Fsp3) is 0. The number of hydrogen-bond acceptors (Lipinski definition) is 3. The minimum atomic E-state index is 0.803. The lowest BCUT2D eigenvalue weighted by Gasteiger charge is -2.10. The molecule has 0 spiro atoms.